The van der Waals surface area contributed by atoms with E-state index in [1.54, 1.807) is 29.6 Å². The molecule has 3 rings (SSSR count). The number of amides is 2. The summed E-state index contributed by atoms with van der Waals surface area (Å²) in [6.07, 6.45) is 0. The number of nitrogens with zero attached hydrogens (tertiary/aromatic N) is 1. The Morgan fingerprint density at radius 1 is 1.18 bits per heavy atom. The number of imide groups is 1. The summed E-state index contributed by atoms with van der Waals surface area (Å²) in [6.45, 7) is 1.85. The molecule has 1 aromatic carbocycles. The number of ether oxygens (including phenoxy) is 1. The fourth-order valence-electron chi connectivity index (χ4n) is 2.35. The van der Waals surface area contributed by atoms with E-state index in [9.17, 15) is 14.7 Å². The van der Waals surface area contributed by atoms with Gasteiger partial charge in [-0.15, -0.1) is 11.3 Å². The Bertz CT molecular complexity index is 792. The third-order valence-electron chi connectivity index (χ3n) is 3.40. The average Bonchev–Trinajstić information content (AvgIpc) is 3.08. The molecule has 0 aliphatic carbocycles. The number of rotatable bonds is 3. The predicted octanol–water partition coefficient (Wildman–Crippen LogP) is 2.91. The first-order valence-electron chi connectivity index (χ1n) is 6.55. The number of carbonyl (C=O) groups is 2. The van der Waals surface area contributed by atoms with Crippen LogP contribution in [0, 0.1) is 6.92 Å². The zero-order chi connectivity index (χ0) is 15.9. The lowest BCUT2D eigenvalue weighted by atomic mass is 10.2. The number of benzene rings is 1. The van der Waals surface area contributed by atoms with E-state index in [-0.39, 0.29) is 5.57 Å². The second kappa shape index (κ2) is 5.31. The SMILES string of the molecule is COc1ccc(C)cc1N1C(=O)C(O)=C(c2cccs2)C1=O. The predicted molar refractivity (Wildman–Crippen MR) is 84.1 cm³/mol. The number of aliphatic hydroxyl groups excluding tert-OH is 1. The third kappa shape index (κ3) is 2.08. The highest BCUT2D eigenvalue weighted by Gasteiger charge is 2.41. The fraction of sp³-hybridized carbons (Fsp3) is 0.125. The topological polar surface area (TPSA) is 66.8 Å². The molecule has 0 atom stereocenters. The second-order valence-electron chi connectivity index (χ2n) is 4.82. The molecule has 0 saturated heterocycles. The Morgan fingerprint density at radius 3 is 2.59 bits per heavy atom. The molecule has 1 aliphatic heterocycles. The summed E-state index contributed by atoms with van der Waals surface area (Å²) in [7, 11) is 1.46. The van der Waals surface area contributed by atoms with Gasteiger partial charge in [-0.25, -0.2) is 4.90 Å². The molecule has 1 aliphatic rings. The molecule has 112 valence electrons. The van der Waals surface area contributed by atoms with Gasteiger partial charge in [0.1, 0.15) is 11.3 Å². The molecule has 5 nitrogen and oxygen atoms in total. The zero-order valence-electron chi connectivity index (χ0n) is 12.0. The Hall–Kier alpha value is -2.60. The number of aryl methyl sites for hydroxylation is 1. The first-order valence-corrected chi connectivity index (χ1v) is 7.43. The van der Waals surface area contributed by atoms with Crippen LogP contribution >= 0.6 is 11.3 Å². The Kier molecular flexibility index (Phi) is 3.46. The van der Waals surface area contributed by atoms with Crippen molar-refractivity contribution >= 4 is 34.4 Å². The van der Waals surface area contributed by atoms with E-state index in [2.05, 4.69) is 0 Å². The standard InChI is InChI=1S/C16H13NO4S/c1-9-5-6-11(21-2)10(8-9)17-15(19)13(14(18)16(17)20)12-4-3-7-22-12/h3-8,18H,1-2H3. The molecule has 2 amide bonds. The maximum Gasteiger partial charge on any atom is 0.301 e. The molecule has 2 heterocycles. The normalized spacial score (nSPS) is 14.9. The van der Waals surface area contributed by atoms with Crippen LogP contribution in [0.25, 0.3) is 5.57 Å². The maximum atomic E-state index is 12.6. The highest BCUT2D eigenvalue weighted by Crippen LogP contribution is 2.38. The lowest BCUT2D eigenvalue weighted by Crippen LogP contribution is -2.31. The summed E-state index contributed by atoms with van der Waals surface area (Å²) in [5, 5.41) is 11.9. The Morgan fingerprint density at radius 2 is 1.95 bits per heavy atom. The van der Waals surface area contributed by atoms with Crippen molar-refractivity contribution in [3.05, 3.63) is 51.9 Å². The number of thiophene rings is 1. The molecule has 0 bridgehead atoms. The maximum absolute atomic E-state index is 12.6. The summed E-state index contributed by atoms with van der Waals surface area (Å²) < 4.78 is 5.23. The van der Waals surface area contributed by atoms with Gasteiger partial charge in [0.25, 0.3) is 5.91 Å². The van der Waals surface area contributed by atoms with Gasteiger partial charge in [0, 0.05) is 4.88 Å². The van der Waals surface area contributed by atoms with E-state index in [1.807, 2.05) is 13.0 Å². The first kappa shape index (κ1) is 14.3. The molecule has 6 heteroatoms. The minimum absolute atomic E-state index is 0.0311. The molecular formula is C16H13NO4S. The van der Waals surface area contributed by atoms with Crippen LogP contribution in [0.15, 0.2) is 41.5 Å². The van der Waals surface area contributed by atoms with E-state index < -0.39 is 17.6 Å². The van der Waals surface area contributed by atoms with Crippen LogP contribution in [0.4, 0.5) is 5.69 Å². The van der Waals surface area contributed by atoms with Crippen molar-refractivity contribution in [3.8, 4) is 5.75 Å². The van der Waals surface area contributed by atoms with Crippen molar-refractivity contribution < 1.29 is 19.4 Å². The van der Waals surface area contributed by atoms with E-state index >= 15 is 0 Å². The highest BCUT2D eigenvalue weighted by molar-refractivity contribution is 7.11. The molecule has 0 saturated carbocycles. The highest BCUT2D eigenvalue weighted by atomic mass is 32.1. The van der Waals surface area contributed by atoms with Gasteiger partial charge < -0.3 is 9.84 Å². The van der Waals surface area contributed by atoms with E-state index in [4.69, 9.17) is 4.74 Å². The molecule has 2 aromatic rings. The van der Waals surface area contributed by atoms with Crippen LogP contribution in [0.3, 0.4) is 0 Å². The van der Waals surface area contributed by atoms with Crippen LogP contribution in [0.1, 0.15) is 10.4 Å². The molecule has 0 unspecified atom stereocenters. The molecule has 0 spiro atoms. The van der Waals surface area contributed by atoms with Gasteiger partial charge in [-0.05, 0) is 36.1 Å². The average molecular weight is 315 g/mol. The van der Waals surface area contributed by atoms with Crippen LogP contribution in [0.2, 0.25) is 0 Å². The largest absolute Gasteiger partial charge is 0.502 e. The third-order valence-corrected chi connectivity index (χ3v) is 4.29. The van der Waals surface area contributed by atoms with Crippen molar-refractivity contribution in [2.45, 2.75) is 6.92 Å². The van der Waals surface area contributed by atoms with E-state index in [0.717, 1.165) is 10.5 Å². The smallest absolute Gasteiger partial charge is 0.301 e. The van der Waals surface area contributed by atoms with Crippen LogP contribution in [0.5, 0.6) is 5.75 Å². The monoisotopic (exact) mass is 315 g/mol. The van der Waals surface area contributed by atoms with Crippen LogP contribution < -0.4 is 9.64 Å². The number of carbonyl (C=O) groups excluding carboxylic acids is 2. The van der Waals surface area contributed by atoms with Crippen molar-refractivity contribution in [2.75, 3.05) is 12.0 Å². The van der Waals surface area contributed by atoms with Gasteiger partial charge in [0.05, 0.1) is 12.8 Å². The van der Waals surface area contributed by atoms with Gasteiger partial charge in [-0.2, -0.15) is 0 Å². The Balaban J connectivity index is 2.11. The number of aliphatic hydroxyl groups is 1. The van der Waals surface area contributed by atoms with E-state index in [0.29, 0.717) is 16.3 Å². The molecule has 22 heavy (non-hydrogen) atoms. The quantitative estimate of drug-likeness (QED) is 0.884. The van der Waals surface area contributed by atoms with Gasteiger partial charge >= 0.3 is 5.91 Å². The lowest BCUT2D eigenvalue weighted by molar-refractivity contribution is -0.121. The van der Waals surface area contributed by atoms with E-state index in [1.165, 1.54) is 18.4 Å². The fourth-order valence-corrected chi connectivity index (χ4v) is 3.12. The summed E-state index contributed by atoms with van der Waals surface area (Å²) in [4.78, 5) is 26.5. The number of methoxy groups -OCH3 is 1. The molecule has 0 radical (unpaired) electrons. The molecular weight excluding hydrogens is 302 g/mol. The van der Waals surface area contributed by atoms with Crippen molar-refractivity contribution in [1.29, 1.82) is 0 Å². The van der Waals surface area contributed by atoms with Crippen LogP contribution in [-0.4, -0.2) is 24.0 Å². The van der Waals surface area contributed by atoms with Gasteiger partial charge in [-0.3, -0.25) is 9.59 Å². The summed E-state index contributed by atoms with van der Waals surface area (Å²) in [5.74, 6) is -1.42. The zero-order valence-corrected chi connectivity index (χ0v) is 12.8. The van der Waals surface area contributed by atoms with Crippen molar-refractivity contribution in [1.82, 2.24) is 0 Å². The van der Waals surface area contributed by atoms with Gasteiger partial charge in [-0.1, -0.05) is 12.1 Å². The molecule has 0 fully saturated rings. The molecule has 1 N–H and O–H groups in total. The Labute approximate surface area is 131 Å². The summed E-state index contributed by atoms with van der Waals surface area (Å²) in [6, 6.07) is 8.64. The summed E-state index contributed by atoms with van der Waals surface area (Å²) >= 11 is 1.29. The second-order valence-corrected chi connectivity index (χ2v) is 5.77. The molecule has 1 aromatic heterocycles. The number of hydrogen-bond donors (Lipinski definition) is 1. The van der Waals surface area contributed by atoms with Gasteiger partial charge in [0.2, 0.25) is 0 Å². The van der Waals surface area contributed by atoms with Crippen molar-refractivity contribution in [2.24, 2.45) is 0 Å². The minimum Gasteiger partial charge on any atom is -0.502 e. The minimum atomic E-state index is -0.739. The number of anilines is 1. The van der Waals surface area contributed by atoms with Crippen molar-refractivity contribution in [3.63, 3.8) is 0 Å². The number of hydrogen-bond acceptors (Lipinski definition) is 5. The van der Waals surface area contributed by atoms with Gasteiger partial charge in [0.15, 0.2) is 5.76 Å². The van der Waals surface area contributed by atoms with Crippen LogP contribution in [-0.2, 0) is 9.59 Å². The first-order chi connectivity index (χ1) is 10.5. The lowest BCUT2D eigenvalue weighted by Gasteiger charge is -2.18. The summed E-state index contributed by atoms with van der Waals surface area (Å²) in [5.41, 5.74) is 1.24.